The highest BCUT2D eigenvalue weighted by Crippen LogP contribution is 2.54. The summed E-state index contributed by atoms with van der Waals surface area (Å²) >= 11 is 0. The molecule has 1 amide bonds. The van der Waals surface area contributed by atoms with Gasteiger partial charge < -0.3 is 10.0 Å². The van der Waals surface area contributed by atoms with E-state index in [9.17, 15) is 13.2 Å². The molecule has 2 rings (SSSR count). The van der Waals surface area contributed by atoms with Crippen LogP contribution in [0.3, 0.4) is 0 Å². The second kappa shape index (κ2) is 6.33. The van der Waals surface area contributed by atoms with E-state index in [1.165, 1.54) is 0 Å². The number of rotatable bonds is 5. The fourth-order valence-electron chi connectivity index (χ4n) is 2.94. The zero-order valence-electron chi connectivity index (χ0n) is 14.5. The van der Waals surface area contributed by atoms with Crippen LogP contribution in [-0.2, 0) is 14.9 Å². The molecular weight excluding hydrogens is 306 g/mol. The Hall–Kier alpha value is -0.860. The van der Waals surface area contributed by atoms with Crippen LogP contribution in [0, 0.1) is 11.3 Å². The summed E-state index contributed by atoms with van der Waals surface area (Å²) in [5.41, 5.74) is -0.758. The minimum absolute atomic E-state index is 0.00998. The summed E-state index contributed by atoms with van der Waals surface area (Å²) in [6, 6.07) is 0. The van der Waals surface area contributed by atoms with Gasteiger partial charge in [-0.05, 0) is 70.9 Å². The number of amides is 1. The van der Waals surface area contributed by atoms with Crippen LogP contribution in [0.1, 0.15) is 46.5 Å². The van der Waals surface area contributed by atoms with Crippen LogP contribution < -0.4 is 14.8 Å². The van der Waals surface area contributed by atoms with E-state index in [0.29, 0.717) is 12.5 Å². The molecule has 0 spiro atoms. The van der Waals surface area contributed by atoms with Gasteiger partial charge >= 0.3 is 16.3 Å². The van der Waals surface area contributed by atoms with Crippen molar-refractivity contribution in [1.29, 1.82) is 0 Å². The Morgan fingerprint density at radius 1 is 1.36 bits per heavy atom. The lowest BCUT2D eigenvalue weighted by atomic mass is 9.82. The van der Waals surface area contributed by atoms with Gasteiger partial charge in [0.05, 0.1) is 0 Å². The number of carbonyl (C=O) groups excluding carboxylic acids is 1. The standard InChI is InChI=1S/C14H27N3O4S/c1-13(2,3)21-12(18)17-22(19,20)16-10-14(6-7-14)11-4-8-15-9-5-11/h11,15-16H,4-10H2,1-3H3,(H,17,18)/i/hD. The number of ether oxygens (including phenoxy) is 1. The highest BCUT2D eigenvalue weighted by molar-refractivity contribution is 7.88. The number of carbonyl (C=O) groups is 1. The predicted molar refractivity (Wildman–Crippen MR) is 83.6 cm³/mol. The first-order chi connectivity index (χ1) is 10.5. The van der Waals surface area contributed by atoms with Crippen molar-refractivity contribution in [1.82, 2.24) is 14.8 Å². The molecule has 0 atom stereocenters. The maximum absolute atomic E-state index is 12.0. The van der Waals surface area contributed by atoms with E-state index in [0.717, 1.165) is 38.8 Å². The molecule has 1 saturated heterocycles. The lowest BCUT2D eigenvalue weighted by molar-refractivity contribution is 0.0569. The molecule has 0 aromatic heterocycles. The van der Waals surface area contributed by atoms with Crippen LogP contribution in [-0.4, -0.2) is 39.7 Å². The van der Waals surface area contributed by atoms with Crippen molar-refractivity contribution in [3.05, 3.63) is 0 Å². The molecule has 0 aromatic carbocycles. The molecule has 2 fully saturated rings. The quantitative estimate of drug-likeness (QED) is 0.700. The van der Waals surface area contributed by atoms with Gasteiger partial charge in [0.15, 0.2) is 0 Å². The molecule has 22 heavy (non-hydrogen) atoms. The summed E-state index contributed by atoms with van der Waals surface area (Å²) in [6.07, 6.45) is 2.85. The number of nitrogens with one attached hydrogen (secondary N) is 3. The summed E-state index contributed by atoms with van der Waals surface area (Å²) in [5.74, 6) is 0.438. The molecule has 1 aliphatic heterocycles. The van der Waals surface area contributed by atoms with Gasteiger partial charge in [-0.1, -0.05) is 0 Å². The molecule has 0 radical (unpaired) electrons. The highest BCUT2D eigenvalue weighted by atomic mass is 32.2. The third-order valence-corrected chi connectivity index (χ3v) is 5.22. The maximum Gasteiger partial charge on any atom is 0.422 e. The van der Waals surface area contributed by atoms with Crippen molar-refractivity contribution in [2.24, 2.45) is 11.3 Å². The van der Waals surface area contributed by atoms with E-state index < -0.39 is 21.9 Å². The average molecular weight is 334 g/mol. The van der Waals surface area contributed by atoms with Crippen molar-refractivity contribution in [3.63, 3.8) is 0 Å². The van der Waals surface area contributed by atoms with E-state index in [4.69, 9.17) is 6.15 Å². The molecular formula is C14H27N3O4S. The topological polar surface area (TPSA) is 96.5 Å². The largest absolute Gasteiger partial charge is 0.443 e. The van der Waals surface area contributed by atoms with Crippen molar-refractivity contribution in [2.75, 3.05) is 19.6 Å². The Labute approximate surface area is 134 Å². The fourth-order valence-corrected chi connectivity index (χ4v) is 3.75. The minimum Gasteiger partial charge on any atom is -0.443 e. The molecule has 0 bridgehead atoms. The molecule has 1 heterocycles. The first-order valence-corrected chi connectivity index (χ1v) is 9.24. The van der Waals surface area contributed by atoms with Gasteiger partial charge in [0.2, 0.25) is 0 Å². The molecule has 8 heteroatoms. The molecule has 0 aromatic rings. The minimum atomic E-state index is -3.92. The van der Waals surface area contributed by atoms with Gasteiger partial charge in [0.25, 0.3) is 0 Å². The van der Waals surface area contributed by atoms with Crippen molar-refractivity contribution in [3.8, 4) is 0 Å². The normalized spacial score (nSPS) is 23.7. The van der Waals surface area contributed by atoms with Gasteiger partial charge in [0.1, 0.15) is 7.01 Å². The highest BCUT2D eigenvalue weighted by Gasteiger charge is 2.49. The molecule has 1 saturated carbocycles. The van der Waals surface area contributed by atoms with E-state index in [2.05, 4.69) is 4.72 Å². The monoisotopic (exact) mass is 334 g/mol. The molecule has 1 aliphatic carbocycles. The number of hydrogen-bond acceptors (Lipinski definition) is 5. The third kappa shape index (κ3) is 5.10. The van der Waals surface area contributed by atoms with Crippen LogP contribution in [0.15, 0.2) is 0 Å². The van der Waals surface area contributed by atoms with Crippen LogP contribution in [0.5, 0.6) is 0 Å². The Bertz CT molecular complexity index is 535. The van der Waals surface area contributed by atoms with E-state index in [-0.39, 0.29) is 5.41 Å². The van der Waals surface area contributed by atoms with Crippen LogP contribution in [0.25, 0.3) is 0 Å². The molecule has 7 nitrogen and oxygen atoms in total. The maximum atomic E-state index is 12.0. The Balaban J connectivity index is 1.83. The second-order valence-electron chi connectivity index (χ2n) is 7.24. The summed E-state index contributed by atoms with van der Waals surface area (Å²) in [7, 11) is -3.92. The molecule has 0 unspecified atom stereocenters. The molecule has 2 aliphatic rings. The van der Waals surface area contributed by atoms with E-state index in [1.54, 1.807) is 26.1 Å². The van der Waals surface area contributed by atoms with Gasteiger partial charge in [0, 0.05) is 6.54 Å². The van der Waals surface area contributed by atoms with Gasteiger partial charge in [-0.2, -0.15) is 13.1 Å². The Kier molecular flexibility index (Phi) is 4.61. The zero-order valence-corrected chi connectivity index (χ0v) is 14.3. The Morgan fingerprint density at radius 3 is 2.45 bits per heavy atom. The van der Waals surface area contributed by atoms with Crippen LogP contribution >= 0.6 is 0 Å². The smallest absolute Gasteiger partial charge is 0.422 e. The first-order valence-electron chi connectivity index (χ1n) is 8.20. The summed E-state index contributed by atoms with van der Waals surface area (Å²) in [4.78, 5) is 11.6. The lowest BCUT2D eigenvalue weighted by Crippen LogP contribution is -2.46. The predicted octanol–water partition coefficient (Wildman–Crippen LogP) is 1.13. The summed E-state index contributed by atoms with van der Waals surface area (Å²) in [6.45, 7) is 6.80. The summed E-state index contributed by atoms with van der Waals surface area (Å²) in [5, 5.41) is 1.56. The molecule has 3 N–H and O–H groups in total. The van der Waals surface area contributed by atoms with Crippen LogP contribution in [0.4, 0.5) is 4.79 Å². The number of hydrogen-bond donors (Lipinski definition) is 3. The second-order valence-corrected chi connectivity index (χ2v) is 8.74. The Morgan fingerprint density at radius 2 is 1.95 bits per heavy atom. The molecule has 128 valence electrons. The van der Waals surface area contributed by atoms with Crippen molar-refractivity contribution >= 4 is 16.3 Å². The zero-order chi connectivity index (χ0) is 17.3. The van der Waals surface area contributed by atoms with Gasteiger partial charge in [-0.15, -0.1) is 0 Å². The van der Waals surface area contributed by atoms with E-state index in [1.807, 2.05) is 4.72 Å². The number of piperidine rings is 1. The van der Waals surface area contributed by atoms with Crippen molar-refractivity contribution in [2.45, 2.75) is 52.1 Å². The van der Waals surface area contributed by atoms with Crippen LogP contribution in [0.2, 0.25) is 1.41 Å². The third-order valence-electron chi connectivity index (χ3n) is 4.26. The van der Waals surface area contributed by atoms with Gasteiger partial charge in [-0.25, -0.2) is 9.52 Å². The first kappa shape index (κ1) is 16.0. The van der Waals surface area contributed by atoms with Gasteiger partial charge in [-0.3, -0.25) is 0 Å². The fraction of sp³-hybridized carbons (Fsp3) is 0.929. The summed E-state index contributed by atoms with van der Waals surface area (Å²) < 4.78 is 40.9. The lowest BCUT2D eigenvalue weighted by Gasteiger charge is -2.31. The van der Waals surface area contributed by atoms with Crippen molar-refractivity contribution < 1.29 is 19.4 Å². The van der Waals surface area contributed by atoms with E-state index >= 15 is 0 Å². The average Bonchev–Trinajstić information content (AvgIpc) is 3.15. The SMILES string of the molecule is [2H]N1CCC(C2(CNS(=O)(=O)NC(=O)OC(C)(C)C)CC2)CC1.